The molecule has 0 spiro atoms. The molecule has 3 rings (SSSR count). The highest BCUT2D eigenvalue weighted by molar-refractivity contribution is 5.95. The van der Waals surface area contributed by atoms with Gasteiger partial charge in [-0.25, -0.2) is 4.79 Å². The quantitative estimate of drug-likeness (QED) is 0.107. The summed E-state index contributed by atoms with van der Waals surface area (Å²) in [6.45, 7) is 0. The minimum atomic E-state index is -1.77. The molecule has 1 aromatic heterocycles. The number of carbonyl (C=O) groups is 6. The van der Waals surface area contributed by atoms with Gasteiger partial charge in [0, 0.05) is 29.9 Å². The van der Waals surface area contributed by atoms with Gasteiger partial charge in [-0.3, -0.25) is 24.0 Å². The monoisotopic (exact) mass is 594 g/mol. The van der Waals surface area contributed by atoms with Gasteiger partial charge in [-0.05, 0) is 30.0 Å². The van der Waals surface area contributed by atoms with Crippen molar-refractivity contribution in [2.45, 2.75) is 56.3 Å². The van der Waals surface area contributed by atoms with Crippen LogP contribution in [0.4, 0.5) is 0 Å². The van der Waals surface area contributed by atoms with Crippen LogP contribution in [-0.4, -0.2) is 74.9 Å². The van der Waals surface area contributed by atoms with Crippen LogP contribution < -0.4 is 27.4 Å². The topological polar surface area (TPSA) is 247 Å². The molecule has 10 N–H and O–H groups in total. The fourth-order valence-electron chi connectivity index (χ4n) is 4.44. The standard InChI is InChI=1S/C29H34N6O8/c30-19(12-16-6-2-1-3-7-16)26(39)33-21(10-11-24(31)36)27(40)34-22(28(41)35-23(29(42)43)14-25(37)38)13-17-15-32-20-9-5-4-8-18(17)20/h1-9,15,19,21-23,32H,10-14,30H2,(H2,31,36)(H,33,39)(H,34,40)(H,35,41)(H,37,38)(H,42,43). The lowest BCUT2D eigenvalue weighted by Crippen LogP contribution is -2.58. The van der Waals surface area contributed by atoms with Crippen LogP contribution in [-0.2, 0) is 41.6 Å². The number of aromatic nitrogens is 1. The number of H-pyrrole nitrogens is 1. The number of amides is 4. The number of hydrogen-bond donors (Lipinski definition) is 8. The van der Waals surface area contributed by atoms with E-state index >= 15 is 0 Å². The highest BCUT2D eigenvalue weighted by Gasteiger charge is 2.32. The molecule has 0 aliphatic heterocycles. The van der Waals surface area contributed by atoms with E-state index < -0.39 is 66.2 Å². The zero-order valence-corrected chi connectivity index (χ0v) is 23.1. The number of carbonyl (C=O) groups excluding carboxylic acids is 4. The average molecular weight is 595 g/mol. The van der Waals surface area contributed by atoms with Gasteiger partial charge in [-0.15, -0.1) is 0 Å². The van der Waals surface area contributed by atoms with Crippen molar-refractivity contribution >= 4 is 46.5 Å². The maximum Gasteiger partial charge on any atom is 0.326 e. The van der Waals surface area contributed by atoms with Gasteiger partial charge in [0.2, 0.25) is 23.6 Å². The maximum absolute atomic E-state index is 13.5. The van der Waals surface area contributed by atoms with E-state index in [1.807, 2.05) is 6.07 Å². The molecule has 0 radical (unpaired) electrons. The molecule has 0 bridgehead atoms. The number of carboxylic acid groups (broad SMARTS) is 2. The first-order valence-corrected chi connectivity index (χ1v) is 13.4. The number of aliphatic carboxylic acids is 2. The number of benzene rings is 2. The summed E-state index contributed by atoms with van der Waals surface area (Å²) in [6.07, 6.45) is 0.297. The van der Waals surface area contributed by atoms with E-state index in [9.17, 15) is 33.9 Å². The van der Waals surface area contributed by atoms with Gasteiger partial charge in [0.25, 0.3) is 0 Å². The summed E-state index contributed by atoms with van der Waals surface area (Å²) < 4.78 is 0. The van der Waals surface area contributed by atoms with Crippen molar-refractivity contribution in [2.24, 2.45) is 11.5 Å². The van der Waals surface area contributed by atoms with Gasteiger partial charge in [0.15, 0.2) is 0 Å². The number of nitrogens with one attached hydrogen (secondary N) is 4. The molecule has 0 fully saturated rings. The summed E-state index contributed by atoms with van der Waals surface area (Å²) in [5.74, 6) is -6.26. The Balaban J connectivity index is 1.84. The van der Waals surface area contributed by atoms with E-state index in [-0.39, 0.29) is 25.7 Å². The van der Waals surface area contributed by atoms with Crippen LogP contribution >= 0.6 is 0 Å². The summed E-state index contributed by atoms with van der Waals surface area (Å²) in [7, 11) is 0. The predicted molar refractivity (Wildman–Crippen MR) is 154 cm³/mol. The average Bonchev–Trinajstić information content (AvgIpc) is 3.37. The summed E-state index contributed by atoms with van der Waals surface area (Å²) in [4.78, 5) is 77.0. The first-order valence-electron chi connectivity index (χ1n) is 13.4. The molecule has 4 unspecified atom stereocenters. The highest BCUT2D eigenvalue weighted by atomic mass is 16.4. The van der Waals surface area contributed by atoms with Gasteiger partial charge in [0.1, 0.15) is 18.1 Å². The van der Waals surface area contributed by atoms with E-state index in [0.717, 1.165) is 16.5 Å². The lowest BCUT2D eigenvalue weighted by atomic mass is 10.0. The molecule has 4 atom stereocenters. The summed E-state index contributed by atoms with van der Waals surface area (Å²) in [5.41, 5.74) is 13.5. The van der Waals surface area contributed by atoms with Crippen LogP contribution in [0.2, 0.25) is 0 Å². The molecule has 0 aliphatic rings. The number of rotatable bonds is 16. The van der Waals surface area contributed by atoms with Crippen LogP contribution in [0, 0.1) is 0 Å². The normalized spacial score (nSPS) is 13.7. The first kappa shape index (κ1) is 32.3. The molecular formula is C29H34N6O8. The zero-order valence-electron chi connectivity index (χ0n) is 23.1. The Morgan fingerprint density at radius 3 is 2.02 bits per heavy atom. The lowest BCUT2D eigenvalue weighted by Gasteiger charge is -2.25. The predicted octanol–water partition coefficient (Wildman–Crippen LogP) is -0.440. The van der Waals surface area contributed by atoms with E-state index in [4.69, 9.17) is 16.6 Å². The zero-order chi connectivity index (χ0) is 31.5. The lowest BCUT2D eigenvalue weighted by molar-refractivity contribution is -0.147. The Morgan fingerprint density at radius 1 is 0.767 bits per heavy atom. The Bertz CT molecular complexity index is 1470. The minimum absolute atomic E-state index is 0.120. The fraction of sp³-hybridized carbons (Fsp3) is 0.310. The smallest absolute Gasteiger partial charge is 0.326 e. The van der Waals surface area contributed by atoms with E-state index in [0.29, 0.717) is 5.56 Å². The Kier molecular flexibility index (Phi) is 11.3. The molecule has 2 aromatic carbocycles. The van der Waals surface area contributed by atoms with Gasteiger partial charge in [0.05, 0.1) is 12.5 Å². The van der Waals surface area contributed by atoms with E-state index in [1.165, 1.54) is 0 Å². The van der Waals surface area contributed by atoms with Gasteiger partial charge >= 0.3 is 11.9 Å². The summed E-state index contributed by atoms with van der Waals surface area (Å²) >= 11 is 0. The van der Waals surface area contributed by atoms with E-state index in [2.05, 4.69) is 20.9 Å². The van der Waals surface area contributed by atoms with Crippen molar-refractivity contribution < 1.29 is 39.0 Å². The third-order valence-electron chi connectivity index (χ3n) is 6.67. The number of para-hydroxylation sites is 1. The van der Waals surface area contributed by atoms with Crippen LogP contribution in [0.3, 0.4) is 0 Å². The second-order valence-corrected chi connectivity index (χ2v) is 9.98. The number of hydrogen-bond acceptors (Lipinski definition) is 7. The van der Waals surface area contributed by atoms with Crippen molar-refractivity contribution in [2.75, 3.05) is 0 Å². The molecule has 4 amide bonds. The van der Waals surface area contributed by atoms with Crippen molar-refractivity contribution in [3.8, 4) is 0 Å². The molecule has 0 aliphatic carbocycles. The Hall–Kier alpha value is -5.24. The minimum Gasteiger partial charge on any atom is -0.481 e. The SMILES string of the molecule is NC(=O)CCC(NC(=O)C(N)Cc1ccccc1)C(=O)NC(Cc1c[nH]c2ccccc12)C(=O)NC(CC(=O)O)C(=O)O. The highest BCUT2D eigenvalue weighted by Crippen LogP contribution is 2.19. The Labute approximate surface area is 246 Å². The fourth-order valence-corrected chi connectivity index (χ4v) is 4.44. The third kappa shape index (κ3) is 9.67. The van der Waals surface area contributed by atoms with Gasteiger partial charge < -0.3 is 42.6 Å². The molecule has 43 heavy (non-hydrogen) atoms. The molecular weight excluding hydrogens is 560 g/mol. The second kappa shape index (κ2) is 15.1. The Morgan fingerprint density at radius 2 is 1.37 bits per heavy atom. The molecule has 14 nitrogen and oxygen atoms in total. The number of primary amides is 1. The number of nitrogens with two attached hydrogens (primary N) is 2. The van der Waals surface area contributed by atoms with Gasteiger partial charge in [-0.1, -0.05) is 48.5 Å². The number of fused-ring (bicyclic) bond motifs is 1. The van der Waals surface area contributed by atoms with E-state index in [1.54, 1.807) is 54.7 Å². The first-order chi connectivity index (χ1) is 20.4. The largest absolute Gasteiger partial charge is 0.481 e. The molecule has 3 aromatic rings. The van der Waals surface area contributed by atoms with Crippen LogP contribution in [0.5, 0.6) is 0 Å². The maximum atomic E-state index is 13.5. The summed E-state index contributed by atoms with van der Waals surface area (Å²) in [5, 5.41) is 26.4. The van der Waals surface area contributed by atoms with Crippen molar-refractivity contribution in [3.63, 3.8) is 0 Å². The van der Waals surface area contributed by atoms with Gasteiger partial charge in [-0.2, -0.15) is 0 Å². The third-order valence-corrected chi connectivity index (χ3v) is 6.67. The molecule has 14 heteroatoms. The van der Waals surface area contributed by atoms with Crippen molar-refractivity contribution in [1.82, 2.24) is 20.9 Å². The van der Waals surface area contributed by atoms with Crippen molar-refractivity contribution in [1.29, 1.82) is 0 Å². The molecule has 0 saturated heterocycles. The van der Waals surface area contributed by atoms with Crippen LogP contribution in [0.1, 0.15) is 30.4 Å². The number of aromatic amines is 1. The molecule has 1 heterocycles. The van der Waals surface area contributed by atoms with Crippen LogP contribution in [0.25, 0.3) is 10.9 Å². The summed E-state index contributed by atoms with van der Waals surface area (Å²) in [6, 6.07) is 10.6. The second-order valence-electron chi connectivity index (χ2n) is 9.98. The molecule has 0 saturated carbocycles. The van der Waals surface area contributed by atoms with Crippen LogP contribution in [0.15, 0.2) is 60.8 Å². The van der Waals surface area contributed by atoms with Crippen molar-refractivity contribution in [3.05, 3.63) is 71.9 Å². The number of carboxylic acids is 2. The molecule has 228 valence electrons.